The molecule has 3 heterocycles. The van der Waals surface area contributed by atoms with Gasteiger partial charge in [-0.3, -0.25) is 4.79 Å². The van der Waals surface area contributed by atoms with Gasteiger partial charge in [0.05, 0.1) is 17.3 Å². The van der Waals surface area contributed by atoms with Crippen molar-refractivity contribution in [2.24, 2.45) is 11.7 Å². The number of ketones is 1. The second kappa shape index (κ2) is 7.79. The molecule has 0 unspecified atom stereocenters. The van der Waals surface area contributed by atoms with Gasteiger partial charge in [0.15, 0.2) is 10.8 Å². The molecule has 1 aliphatic carbocycles. The maximum absolute atomic E-state index is 14.2. The van der Waals surface area contributed by atoms with Crippen LogP contribution in [0, 0.1) is 5.92 Å². The summed E-state index contributed by atoms with van der Waals surface area (Å²) in [4.78, 5) is 16.8. The van der Waals surface area contributed by atoms with E-state index < -0.39 is 41.8 Å². The average molecular weight is 479 g/mol. The Morgan fingerprint density at radius 3 is 2.77 bits per heavy atom. The van der Waals surface area contributed by atoms with Gasteiger partial charge in [-0.15, -0.1) is 0 Å². The Bertz CT molecular complexity index is 1140. The lowest BCUT2D eigenvalue weighted by Gasteiger charge is -2.35. The summed E-state index contributed by atoms with van der Waals surface area (Å²) < 4.78 is 68.3. The van der Waals surface area contributed by atoms with Crippen LogP contribution in [-0.2, 0) is 6.18 Å². The first-order chi connectivity index (χ1) is 14.5. The van der Waals surface area contributed by atoms with Crippen molar-refractivity contribution in [2.75, 3.05) is 0 Å². The SMILES string of the molecule is N[C@H]1CCCC(F)(F)[C@@H]1CC(=O)c1nc(-c2cnn3cc(C(F)(F)F)ccc23)c(Cl)s1. The number of carbonyl (C=O) groups excluding carboxylic acids is 1. The molecule has 31 heavy (non-hydrogen) atoms. The molecule has 0 aromatic carbocycles. The van der Waals surface area contributed by atoms with Gasteiger partial charge in [0, 0.05) is 36.6 Å². The number of hydrogen-bond donors (Lipinski definition) is 1. The highest BCUT2D eigenvalue weighted by atomic mass is 35.5. The van der Waals surface area contributed by atoms with Crippen LogP contribution in [0.5, 0.6) is 0 Å². The molecule has 5 nitrogen and oxygen atoms in total. The van der Waals surface area contributed by atoms with E-state index in [1.54, 1.807) is 0 Å². The second-order valence-electron chi connectivity index (χ2n) is 7.50. The minimum absolute atomic E-state index is 0.0557. The number of fused-ring (bicyclic) bond motifs is 1. The fraction of sp³-hybridized carbons (Fsp3) is 0.421. The summed E-state index contributed by atoms with van der Waals surface area (Å²) in [6.45, 7) is 0. The van der Waals surface area contributed by atoms with Crippen molar-refractivity contribution in [3.8, 4) is 11.3 Å². The van der Waals surface area contributed by atoms with Crippen molar-refractivity contribution in [3.05, 3.63) is 39.4 Å². The quantitative estimate of drug-likeness (QED) is 0.399. The van der Waals surface area contributed by atoms with E-state index in [4.69, 9.17) is 17.3 Å². The minimum atomic E-state index is -4.53. The van der Waals surface area contributed by atoms with E-state index in [-0.39, 0.29) is 21.5 Å². The van der Waals surface area contributed by atoms with Crippen LogP contribution >= 0.6 is 22.9 Å². The molecule has 2 atom stereocenters. The zero-order valence-corrected chi connectivity index (χ0v) is 17.4. The number of hydrogen-bond acceptors (Lipinski definition) is 5. The van der Waals surface area contributed by atoms with Crippen molar-refractivity contribution in [1.29, 1.82) is 0 Å². The number of alkyl halides is 5. The highest BCUT2D eigenvalue weighted by molar-refractivity contribution is 7.18. The number of carbonyl (C=O) groups is 1. The van der Waals surface area contributed by atoms with Crippen LogP contribution in [0.3, 0.4) is 0 Å². The lowest BCUT2D eigenvalue weighted by Crippen LogP contribution is -2.46. The molecule has 166 valence electrons. The number of thiazole rings is 1. The molecule has 0 bridgehead atoms. The van der Waals surface area contributed by atoms with Gasteiger partial charge < -0.3 is 5.73 Å². The van der Waals surface area contributed by atoms with Gasteiger partial charge in [0.2, 0.25) is 0 Å². The number of nitrogens with zero attached hydrogens (tertiary/aromatic N) is 3. The van der Waals surface area contributed by atoms with Crippen molar-refractivity contribution < 1.29 is 26.7 Å². The Kier molecular flexibility index (Phi) is 5.55. The van der Waals surface area contributed by atoms with Crippen molar-refractivity contribution in [2.45, 2.75) is 43.8 Å². The highest BCUT2D eigenvalue weighted by Gasteiger charge is 2.46. The van der Waals surface area contributed by atoms with Gasteiger partial charge in [-0.05, 0) is 25.0 Å². The summed E-state index contributed by atoms with van der Waals surface area (Å²) in [7, 11) is 0. The van der Waals surface area contributed by atoms with Crippen LogP contribution in [0.15, 0.2) is 24.5 Å². The van der Waals surface area contributed by atoms with E-state index in [2.05, 4.69) is 10.1 Å². The van der Waals surface area contributed by atoms with E-state index in [0.29, 0.717) is 23.9 Å². The van der Waals surface area contributed by atoms with Crippen molar-refractivity contribution >= 4 is 34.2 Å². The van der Waals surface area contributed by atoms with Gasteiger partial charge >= 0.3 is 6.18 Å². The topological polar surface area (TPSA) is 73.3 Å². The van der Waals surface area contributed by atoms with Gasteiger partial charge in [0.25, 0.3) is 5.92 Å². The van der Waals surface area contributed by atoms with E-state index in [0.717, 1.165) is 28.1 Å². The number of pyridine rings is 1. The van der Waals surface area contributed by atoms with Crippen LogP contribution in [0.4, 0.5) is 22.0 Å². The molecule has 1 saturated carbocycles. The fourth-order valence-electron chi connectivity index (χ4n) is 3.78. The molecule has 0 spiro atoms. The van der Waals surface area contributed by atoms with E-state index in [9.17, 15) is 26.7 Å². The van der Waals surface area contributed by atoms with E-state index in [1.165, 1.54) is 12.3 Å². The largest absolute Gasteiger partial charge is 0.417 e. The number of rotatable bonds is 4. The number of Topliss-reactive ketones (excluding diaryl/α,β-unsaturated/α-hetero) is 1. The highest BCUT2D eigenvalue weighted by Crippen LogP contribution is 2.41. The third kappa shape index (κ3) is 4.18. The molecular formula is C19H16ClF5N4OS. The van der Waals surface area contributed by atoms with Gasteiger partial charge in [0.1, 0.15) is 10.0 Å². The van der Waals surface area contributed by atoms with Crippen LogP contribution < -0.4 is 5.73 Å². The molecule has 12 heteroatoms. The summed E-state index contributed by atoms with van der Waals surface area (Å²) in [6, 6.07) is 1.34. The summed E-state index contributed by atoms with van der Waals surface area (Å²) in [6.07, 6.45) is -2.46. The Balaban J connectivity index is 1.63. The molecule has 0 saturated heterocycles. The monoisotopic (exact) mass is 478 g/mol. The first kappa shape index (κ1) is 22.1. The van der Waals surface area contributed by atoms with Crippen LogP contribution in [-0.4, -0.2) is 32.3 Å². The molecule has 2 N–H and O–H groups in total. The van der Waals surface area contributed by atoms with Gasteiger partial charge in [-0.1, -0.05) is 22.9 Å². The molecule has 0 radical (unpaired) electrons. The molecular weight excluding hydrogens is 463 g/mol. The lowest BCUT2D eigenvalue weighted by molar-refractivity contribution is -0.137. The normalized spacial score (nSPS) is 21.5. The average Bonchev–Trinajstić information content (AvgIpc) is 3.26. The van der Waals surface area contributed by atoms with Crippen LogP contribution in [0.2, 0.25) is 4.34 Å². The van der Waals surface area contributed by atoms with Crippen LogP contribution in [0.25, 0.3) is 16.8 Å². The predicted octanol–water partition coefficient (Wildman–Crippen LogP) is 5.47. The smallest absolute Gasteiger partial charge is 0.327 e. The van der Waals surface area contributed by atoms with E-state index in [1.807, 2.05) is 0 Å². The number of aromatic nitrogens is 3. The fourth-order valence-corrected chi connectivity index (χ4v) is 4.90. The molecule has 4 rings (SSSR count). The van der Waals surface area contributed by atoms with Crippen molar-refractivity contribution in [1.82, 2.24) is 14.6 Å². The maximum Gasteiger partial charge on any atom is 0.417 e. The summed E-state index contributed by atoms with van der Waals surface area (Å²) >= 11 is 7.05. The summed E-state index contributed by atoms with van der Waals surface area (Å²) in [5.74, 6) is -4.91. The summed E-state index contributed by atoms with van der Waals surface area (Å²) in [5, 5.41) is 3.85. The Morgan fingerprint density at radius 2 is 2.10 bits per heavy atom. The second-order valence-corrected chi connectivity index (χ2v) is 9.10. The van der Waals surface area contributed by atoms with E-state index >= 15 is 0 Å². The standard InChI is InChI=1S/C19H16ClF5N4OS/c20-16-15(10-7-27-29-8-9(19(23,24)25)3-4-13(10)29)28-17(31-16)14(30)6-11-12(26)2-1-5-18(11,21)22/h3-4,7-8,11-12H,1-2,5-6,26H2/t11-,12+/m1/s1. The maximum atomic E-state index is 14.2. The Morgan fingerprint density at radius 1 is 1.35 bits per heavy atom. The molecule has 3 aromatic heterocycles. The zero-order chi connectivity index (χ0) is 22.6. The zero-order valence-electron chi connectivity index (χ0n) is 15.8. The van der Waals surface area contributed by atoms with Crippen LogP contribution in [0.1, 0.15) is 41.0 Å². The van der Waals surface area contributed by atoms with Gasteiger partial charge in [-0.25, -0.2) is 18.3 Å². The van der Waals surface area contributed by atoms with Gasteiger partial charge in [-0.2, -0.15) is 18.3 Å². The summed E-state index contributed by atoms with van der Waals surface area (Å²) in [5.41, 5.74) is 5.75. The Labute approximate surface area is 182 Å². The number of halogens is 6. The minimum Gasteiger partial charge on any atom is -0.327 e. The first-order valence-electron chi connectivity index (χ1n) is 9.35. The molecule has 1 fully saturated rings. The third-order valence-electron chi connectivity index (χ3n) is 5.44. The van der Waals surface area contributed by atoms with Crippen molar-refractivity contribution in [3.63, 3.8) is 0 Å². The molecule has 1 aliphatic rings. The predicted molar refractivity (Wildman–Crippen MR) is 106 cm³/mol. The number of nitrogens with two attached hydrogens (primary N) is 1. The Hall–Kier alpha value is -2.11. The third-order valence-corrected chi connectivity index (χ3v) is 6.73. The first-order valence-corrected chi connectivity index (χ1v) is 10.5. The lowest BCUT2D eigenvalue weighted by atomic mass is 9.79. The molecule has 3 aromatic rings. The molecule has 0 aliphatic heterocycles. The molecule has 0 amide bonds.